The molecule has 1 unspecified atom stereocenters. The number of halogens is 1. The molecule has 3 N–H and O–H groups in total. The lowest BCUT2D eigenvalue weighted by Gasteiger charge is -2.11. The first-order valence-corrected chi connectivity index (χ1v) is 6.06. The van der Waals surface area contributed by atoms with Crippen LogP contribution in [-0.2, 0) is 9.39 Å². The summed E-state index contributed by atoms with van der Waals surface area (Å²) in [5.41, 5.74) is 7.22. The Balaban J connectivity index is 0.00000180. The molecule has 106 valence electrons. The molecule has 0 spiro atoms. The Bertz CT molecular complexity index is 407. The van der Waals surface area contributed by atoms with Gasteiger partial charge in [-0.1, -0.05) is 12.1 Å². The standard InChI is InChI=1S/C12H18BNO4.ClH/c1-16-6-3-7-17-10-5-2-4-9-11(8-14)18-13(15)12(9)10;/h2,4-5,11,15H,3,6-8,14H2,1H3;1H. The summed E-state index contributed by atoms with van der Waals surface area (Å²) >= 11 is 0. The van der Waals surface area contributed by atoms with E-state index in [1.165, 1.54) is 0 Å². The van der Waals surface area contributed by atoms with Crippen molar-refractivity contribution in [1.82, 2.24) is 0 Å². The average Bonchev–Trinajstić information content (AvgIpc) is 2.72. The minimum Gasteiger partial charge on any atom is -0.494 e. The van der Waals surface area contributed by atoms with Crippen LogP contribution in [0.4, 0.5) is 0 Å². The lowest BCUT2D eigenvalue weighted by molar-refractivity contribution is 0.172. The van der Waals surface area contributed by atoms with Crippen LogP contribution in [0.3, 0.4) is 0 Å². The minimum atomic E-state index is -0.952. The van der Waals surface area contributed by atoms with Crippen molar-refractivity contribution in [1.29, 1.82) is 0 Å². The fourth-order valence-electron chi connectivity index (χ4n) is 2.10. The summed E-state index contributed by atoms with van der Waals surface area (Å²) in [6, 6.07) is 5.62. The van der Waals surface area contributed by atoms with E-state index in [2.05, 4.69) is 0 Å². The normalized spacial score (nSPS) is 17.0. The molecule has 0 aromatic heterocycles. The predicted molar refractivity (Wildman–Crippen MR) is 76.2 cm³/mol. The highest BCUT2D eigenvalue weighted by Gasteiger charge is 2.37. The van der Waals surface area contributed by atoms with E-state index in [-0.39, 0.29) is 18.5 Å². The van der Waals surface area contributed by atoms with Gasteiger partial charge in [0.1, 0.15) is 5.75 Å². The summed E-state index contributed by atoms with van der Waals surface area (Å²) in [7, 11) is 0.705. The zero-order valence-electron chi connectivity index (χ0n) is 10.9. The van der Waals surface area contributed by atoms with Gasteiger partial charge < -0.3 is 24.9 Å². The van der Waals surface area contributed by atoms with Gasteiger partial charge in [-0.15, -0.1) is 12.4 Å². The molecule has 1 aromatic rings. The smallest absolute Gasteiger partial charge is 0.494 e. The molecule has 1 heterocycles. The molecule has 7 heteroatoms. The summed E-state index contributed by atoms with van der Waals surface area (Å²) in [5.74, 6) is 0.659. The first kappa shape index (κ1) is 16.3. The van der Waals surface area contributed by atoms with E-state index in [9.17, 15) is 5.02 Å². The summed E-state index contributed by atoms with van der Waals surface area (Å²) in [5, 5.41) is 9.88. The highest BCUT2D eigenvalue weighted by atomic mass is 35.5. The quantitative estimate of drug-likeness (QED) is 0.579. The fraction of sp³-hybridized carbons (Fsp3) is 0.500. The second-order valence-electron chi connectivity index (χ2n) is 4.17. The predicted octanol–water partition coefficient (Wildman–Crippen LogP) is 0.241. The first-order valence-electron chi connectivity index (χ1n) is 6.06. The van der Waals surface area contributed by atoms with Gasteiger partial charge in [0, 0.05) is 32.1 Å². The molecule has 0 fully saturated rings. The van der Waals surface area contributed by atoms with Crippen LogP contribution in [0.15, 0.2) is 18.2 Å². The fourth-order valence-corrected chi connectivity index (χ4v) is 2.10. The monoisotopic (exact) mass is 287 g/mol. The topological polar surface area (TPSA) is 73.9 Å². The van der Waals surface area contributed by atoms with Gasteiger partial charge in [-0.05, 0) is 11.6 Å². The number of fused-ring (bicyclic) bond motifs is 1. The van der Waals surface area contributed by atoms with Gasteiger partial charge in [-0.2, -0.15) is 0 Å². The van der Waals surface area contributed by atoms with Crippen LogP contribution >= 0.6 is 12.4 Å². The van der Waals surface area contributed by atoms with Crippen molar-refractivity contribution in [2.45, 2.75) is 12.5 Å². The third-order valence-corrected chi connectivity index (χ3v) is 2.95. The average molecular weight is 288 g/mol. The van der Waals surface area contributed by atoms with Crippen LogP contribution in [0.25, 0.3) is 0 Å². The molecule has 0 aliphatic carbocycles. The molecule has 5 nitrogen and oxygen atoms in total. The lowest BCUT2D eigenvalue weighted by Crippen LogP contribution is -2.30. The molecule has 1 aliphatic rings. The minimum absolute atomic E-state index is 0. The van der Waals surface area contributed by atoms with Gasteiger partial charge in [0.15, 0.2) is 0 Å². The van der Waals surface area contributed by atoms with Gasteiger partial charge in [-0.3, -0.25) is 0 Å². The van der Waals surface area contributed by atoms with E-state index in [0.29, 0.717) is 31.0 Å². The third kappa shape index (κ3) is 3.61. The van der Waals surface area contributed by atoms with Crippen LogP contribution in [0, 0.1) is 0 Å². The van der Waals surface area contributed by atoms with Gasteiger partial charge in [0.05, 0.1) is 12.7 Å². The molecule has 0 bridgehead atoms. The second-order valence-corrected chi connectivity index (χ2v) is 4.17. The van der Waals surface area contributed by atoms with Crippen molar-refractivity contribution < 1.29 is 19.2 Å². The Morgan fingerprint density at radius 2 is 2.21 bits per heavy atom. The number of benzene rings is 1. The maximum atomic E-state index is 9.88. The van der Waals surface area contributed by atoms with E-state index in [0.717, 1.165) is 12.0 Å². The van der Waals surface area contributed by atoms with Crippen molar-refractivity contribution in [3.05, 3.63) is 23.8 Å². The SMILES string of the molecule is COCCCOc1cccc2c1B(O)OC2CN.Cl. The number of hydrogen-bond donors (Lipinski definition) is 2. The van der Waals surface area contributed by atoms with E-state index < -0.39 is 7.12 Å². The molecular weight excluding hydrogens is 268 g/mol. The highest BCUT2D eigenvalue weighted by molar-refractivity contribution is 6.62. The van der Waals surface area contributed by atoms with Crippen molar-refractivity contribution in [3.63, 3.8) is 0 Å². The van der Waals surface area contributed by atoms with Gasteiger partial charge in [0.25, 0.3) is 0 Å². The second kappa shape index (κ2) is 7.72. The molecule has 1 atom stereocenters. The van der Waals surface area contributed by atoms with E-state index in [1.807, 2.05) is 18.2 Å². The largest absolute Gasteiger partial charge is 0.495 e. The maximum absolute atomic E-state index is 9.88. The number of hydrogen-bond acceptors (Lipinski definition) is 5. The number of nitrogens with two attached hydrogens (primary N) is 1. The number of methoxy groups -OCH3 is 1. The lowest BCUT2D eigenvalue weighted by atomic mass is 9.78. The van der Waals surface area contributed by atoms with E-state index in [4.69, 9.17) is 19.9 Å². The molecule has 19 heavy (non-hydrogen) atoms. The zero-order valence-corrected chi connectivity index (χ0v) is 11.7. The van der Waals surface area contributed by atoms with Crippen LogP contribution in [0.1, 0.15) is 18.1 Å². The van der Waals surface area contributed by atoms with Crippen LogP contribution < -0.4 is 15.9 Å². The van der Waals surface area contributed by atoms with Crippen molar-refractivity contribution in [2.24, 2.45) is 5.73 Å². The van der Waals surface area contributed by atoms with E-state index >= 15 is 0 Å². The molecule has 2 rings (SSSR count). The van der Waals surface area contributed by atoms with Crippen molar-refractivity contribution in [3.8, 4) is 5.75 Å². The van der Waals surface area contributed by atoms with Gasteiger partial charge >= 0.3 is 7.12 Å². The molecule has 0 amide bonds. The van der Waals surface area contributed by atoms with Gasteiger partial charge in [0.2, 0.25) is 0 Å². The summed E-state index contributed by atoms with van der Waals surface area (Å²) < 4.78 is 16.0. The third-order valence-electron chi connectivity index (χ3n) is 2.95. The molecule has 0 radical (unpaired) electrons. The highest BCUT2D eigenvalue weighted by Crippen LogP contribution is 2.26. The Kier molecular flexibility index (Phi) is 6.61. The zero-order chi connectivity index (χ0) is 13.0. The van der Waals surface area contributed by atoms with Crippen molar-refractivity contribution in [2.75, 3.05) is 26.9 Å². The molecule has 0 saturated carbocycles. The molecular formula is C12H19BClNO4. The summed E-state index contributed by atoms with van der Waals surface area (Å²) in [6.45, 7) is 1.54. The Morgan fingerprint density at radius 1 is 1.42 bits per heavy atom. The first-order chi connectivity index (χ1) is 8.77. The summed E-state index contributed by atoms with van der Waals surface area (Å²) in [6.07, 6.45) is 0.551. The Morgan fingerprint density at radius 3 is 2.89 bits per heavy atom. The Hall–Kier alpha value is -0.785. The van der Waals surface area contributed by atoms with Crippen molar-refractivity contribution >= 4 is 25.0 Å². The molecule has 0 saturated heterocycles. The van der Waals surface area contributed by atoms with Gasteiger partial charge in [-0.25, -0.2) is 0 Å². The van der Waals surface area contributed by atoms with E-state index in [1.54, 1.807) is 7.11 Å². The number of rotatable bonds is 6. The summed E-state index contributed by atoms with van der Waals surface area (Å²) in [4.78, 5) is 0. The van der Waals surface area contributed by atoms with Crippen LogP contribution in [0.5, 0.6) is 5.75 Å². The van der Waals surface area contributed by atoms with Crippen LogP contribution in [-0.4, -0.2) is 39.0 Å². The molecule has 1 aliphatic heterocycles. The van der Waals surface area contributed by atoms with Crippen LogP contribution in [0.2, 0.25) is 0 Å². The molecule has 1 aromatic carbocycles. The number of ether oxygens (including phenoxy) is 2. The maximum Gasteiger partial charge on any atom is 0.495 e. The Labute approximate surface area is 119 Å².